The fraction of sp³-hybridized carbons (Fsp3) is 0.500. The maximum atomic E-state index is 13.4. The number of thioether (sulfide) groups is 1. The normalized spacial score (nSPS) is 12.7. The Labute approximate surface area is 143 Å². The lowest BCUT2D eigenvalue weighted by molar-refractivity contribution is -0.120. The van der Waals surface area contributed by atoms with Gasteiger partial charge in [-0.05, 0) is 32.4 Å². The zero-order valence-corrected chi connectivity index (χ0v) is 14.5. The summed E-state index contributed by atoms with van der Waals surface area (Å²) < 4.78 is 32.8. The largest absolute Gasteiger partial charge is 0.382 e. The van der Waals surface area contributed by atoms with Crippen LogP contribution in [0.5, 0.6) is 0 Å². The third-order valence-electron chi connectivity index (χ3n) is 3.38. The lowest BCUT2D eigenvalue weighted by Gasteiger charge is -2.13. The molecule has 1 N–H and O–H groups in total. The molecule has 0 aliphatic heterocycles. The number of carbonyl (C=O) groups excluding carboxylic acids is 1. The monoisotopic (exact) mass is 357 g/mol. The molecule has 0 saturated heterocycles. The SMILES string of the molecule is CCOCCCNC(=O)C(C)Sc1nc2ccccc2n1C(F)F. The Hall–Kier alpha value is -1.67. The molecule has 1 aromatic heterocycles. The summed E-state index contributed by atoms with van der Waals surface area (Å²) in [6.07, 6.45) is 0.715. The molecule has 1 heterocycles. The van der Waals surface area contributed by atoms with Gasteiger partial charge in [0.05, 0.1) is 16.3 Å². The molecule has 8 heteroatoms. The first-order valence-electron chi connectivity index (χ1n) is 7.81. The number of hydrogen-bond donors (Lipinski definition) is 1. The van der Waals surface area contributed by atoms with Crippen molar-refractivity contribution < 1.29 is 18.3 Å². The van der Waals surface area contributed by atoms with E-state index in [-0.39, 0.29) is 11.1 Å². The van der Waals surface area contributed by atoms with E-state index >= 15 is 0 Å². The molecule has 2 aromatic rings. The van der Waals surface area contributed by atoms with Crippen LogP contribution >= 0.6 is 11.8 Å². The fourth-order valence-corrected chi connectivity index (χ4v) is 3.13. The van der Waals surface area contributed by atoms with Crippen molar-refractivity contribution in [1.29, 1.82) is 0 Å². The molecule has 2 rings (SSSR count). The van der Waals surface area contributed by atoms with Crippen LogP contribution in [0.2, 0.25) is 0 Å². The van der Waals surface area contributed by atoms with Crippen LogP contribution in [-0.4, -0.2) is 40.5 Å². The smallest absolute Gasteiger partial charge is 0.321 e. The first-order chi connectivity index (χ1) is 11.5. The third kappa shape index (κ3) is 4.67. The van der Waals surface area contributed by atoms with Gasteiger partial charge in [0.15, 0.2) is 5.16 Å². The van der Waals surface area contributed by atoms with Crippen molar-refractivity contribution in [2.75, 3.05) is 19.8 Å². The zero-order chi connectivity index (χ0) is 17.5. The Kier molecular flexibility index (Phi) is 6.99. The summed E-state index contributed by atoms with van der Waals surface area (Å²) >= 11 is 1.03. The van der Waals surface area contributed by atoms with E-state index in [1.165, 1.54) is 0 Å². The highest BCUT2D eigenvalue weighted by atomic mass is 32.2. The van der Waals surface area contributed by atoms with E-state index < -0.39 is 11.8 Å². The van der Waals surface area contributed by atoms with Gasteiger partial charge < -0.3 is 10.1 Å². The Balaban J connectivity index is 2.00. The first-order valence-corrected chi connectivity index (χ1v) is 8.69. The second kappa shape index (κ2) is 8.98. The van der Waals surface area contributed by atoms with Crippen molar-refractivity contribution in [3.8, 4) is 0 Å². The number of hydrogen-bond acceptors (Lipinski definition) is 4. The number of rotatable bonds is 9. The van der Waals surface area contributed by atoms with Crippen LogP contribution in [0, 0.1) is 0 Å². The second-order valence-corrected chi connectivity index (χ2v) is 6.44. The lowest BCUT2D eigenvalue weighted by atomic mass is 10.3. The molecule has 1 atom stereocenters. The Morgan fingerprint density at radius 3 is 2.88 bits per heavy atom. The van der Waals surface area contributed by atoms with E-state index in [1.807, 2.05) is 6.92 Å². The molecule has 24 heavy (non-hydrogen) atoms. The van der Waals surface area contributed by atoms with Crippen LogP contribution in [0.1, 0.15) is 26.8 Å². The van der Waals surface area contributed by atoms with Crippen LogP contribution in [0.15, 0.2) is 29.4 Å². The number of fused-ring (bicyclic) bond motifs is 1. The molecule has 0 aliphatic carbocycles. The molecule has 0 spiro atoms. The second-order valence-electron chi connectivity index (χ2n) is 5.13. The number of halogens is 2. The Bertz CT molecular complexity index is 678. The van der Waals surface area contributed by atoms with E-state index in [2.05, 4.69) is 10.3 Å². The minimum Gasteiger partial charge on any atom is -0.382 e. The summed E-state index contributed by atoms with van der Waals surface area (Å²) in [6.45, 7) is 2.60. The van der Waals surface area contributed by atoms with Gasteiger partial charge in [-0.3, -0.25) is 9.36 Å². The van der Waals surface area contributed by atoms with Crippen molar-refractivity contribution in [2.45, 2.75) is 37.2 Å². The summed E-state index contributed by atoms with van der Waals surface area (Å²) in [5, 5.41) is 2.40. The van der Waals surface area contributed by atoms with Gasteiger partial charge in [0.25, 0.3) is 0 Å². The highest BCUT2D eigenvalue weighted by molar-refractivity contribution is 8.00. The Morgan fingerprint density at radius 2 is 2.17 bits per heavy atom. The molecule has 132 valence electrons. The van der Waals surface area contributed by atoms with Crippen molar-refractivity contribution in [2.24, 2.45) is 0 Å². The lowest BCUT2D eigenvalue weighted by Crippen LogP contribution is -2.32. The van der Waals surface area contributed by atoms with Crippen molar-refractivity contribution in [3.05, 3.63) is 24.3 Å². The quantitative estimate of drug-likeness (QED) is 0.552. The minimum absolute atomic E-state index is 0.142. The van der Waals surface area contributed by atoms with Gasteiger partial charge >= 0.3 is 6.55 Å². The van der Waals surface area contributed by atoms with Gasteiger partial charge in [0.2, 0.25) is 5.91 Å². The van der Waals surface area contributed by atoms with Crippen LogP contribution in [0.4, 0.5) is 8.78 Å². The molecule has 1 unspecified atom stereocenters. The summed E-state index contributed by atoms with van der Waals surface area (Å²) in [6, 6.07) is 6.70. The van der Waals surface area contributed by atoms with E-state index in [9.17, 15) is 13.6 Å². The fourth-order valence-electron chi connectivity index (χ4n) is 2.18. The number of aromatic nitrogens is 2. The van der Waals surface area contributed by atoms with Gasteiger partial charge in [-0.2, -0.15) is 8.78 Å². The molecule has 1 amide bonds. The zero-order valence-electron chi connectivity index (χ0n) is 13.7. The van der Waals surface area contributed by atoms with Crippen LogP contribution in [-0.2, 0) is 9.53 Å². The topological polar surface area (TPSA) is 56.1 Å². The molecular weight excluding hydrogens is 336 g/mol. The van der Waals surface area contributed by atoms with Crippen molar-refractivity contribution >= 4 is 28.7 Å². The van der Waals surface area contributed by atoms with Gasteiger partial charge in [-0.1, -0.05) is 23.9 Å². The average Bonchev–Trinajstić information content (AvgIpc) is 2.92. The molecule has 0 saturated carbocycles. The molecule has 0 bridgehead atoms. The summed E-state index contributed by atoms with van der Waals surface area (Å²) in [7, 11) is 0. The van der Waals surface area contributed by atoms with Crippen LogP contribution < -0.4 is 5.32 Å². The van der Waals surface area contributed by atoms with Gasteiger partial charge in [0, 0.05) is 19.8 Å². The predicted octanol–water partition coefficient (Wildman–Crippen LogP) is 3.45. The number of alkyl halides is 2. The first kappa shape index (κ1) is 18.7. The van der Waals surface area contributed by atoms with Gasteiger partial charge in [-0.25, -0.2) is 4.98 Å². The van der Waals surface area contributed by atoms with Crippen LogP contribution in [0.3, 0.4) is 0 Å². The van der Waals surface area contributed by atoms with E-state index in [1.54, 1.807) is 31.2 Å². The number of amides is 1. The number of imidazole rings is 1. The molecule has 0 fully saturated rings. The number of nitrogens with zero attached hydrogens (tertiary/aromatic N) is 2. The Morgan fingerprint density at radius 1 is 1.42 bits per heavy atom. The average molecular weight is 357 g/mol. The minimum atomic E-state index is -2.71. The molecule has 0 radical (unpaired) electrons. The summed E-state index contributed by atoms with van der Waals surface area (Å²) in [5.74, 6) is -0.204. The number of carbonyl (C=O) groups is 1. The molecule has 5 nitrogen and oxygen atoms in total. The predicted molar refractivity (Wildman–Crippen MR) is 90.4 cm³/mol. The molecular formula is C16H21F2N3O2S. The number of ether oxygens (including phenoxy) is 1. The van der Waals surface area contributed by atoms with E-state index in [0.717, 1.165) is 16.3 Å². The van der Waals surface area contributed by atoms with Gasteiger partial charge in [0.1, 0.15) is 0 Å². The van der Waals surface area contributed by atoms with E-state index in [0.29, 0.717) is 37.2 Å². The number of nitrogens with one attached hydrogen (secondary N) is 1. The van der Waals surface area contributed by atoms with E-state index in [4.69, 9.17) is 4.74 Å². The molecule has 0 aliphatic rings. The summed E-state index contributed by atoms with van der Waals surface area (Å²) in [4.78, 5) is 16.3. The maximum Gasteiger partial charge on any atom is 0.321 e. The number of para-hydroxylation sites is 2. The molecule has 1 aromatic carbocycles. The highest BCUT2D eigenvalue weighted by Crippen LogP contribution is 2.31. The number of benzene rings is 1. The maximum absolute atomic E-state index is 13.4. The van der Waals surface area contributed by atoms with Crippen molar-refractivity contribution in [1.82, 2.24) is 14.9 Å². The highest BCUT2D eigenvalue weighted by Gasteiger charge is 2.22. The summed E-state index contributed by atoms with van der Waals surface area (Å²) in [5.41, 5.74) is 0.851. The van der Waals surface area contributed by atoms with Gasteiger partial charge in [-0.15, -0.1) is 0 Å². The van der Waals surface area contributed by atoms with Crippen molar-refractivity contribution in [3.63, 3.8) is 0 Å². The standard InChI is InChI=1S/C16H21F2N3O2S/c1-3-23-10-6-9-19-14(22)11(2)24-16-20-12-7-4-5-8-13(12)21(16)15(17)18/h4-5,7-8,11,15H,3,6,9-10H2,1-2H3,(H,19,22). The third-order valence-corrected chi connectivity index (χ3v) is 4.45. The van der Waals surface area contributed by atoms with Crippen LogP contribution in [0.25, 0.3) is 11.0 Å².